The summed E-state index contributed by atoms with van der Waals surface area (Å²) in [5, 5.41) is 3.34. The van der Waals surface area contributed by atoms with Crippen LogP contribution >= 0.6 is 0 Å². The Kier molecular flexibility index (Phi) is 2.83. The van der Waals surface area contributed by atoms with Gasteiger partial charge in [-0.25, -0.2) is 9.37 Å². The van der Waals surface area contributed by atoms with E-state index >= 15 is 0 Å². The van der Waals surface area contributed by atoms with Crippen molar-refractivity contribution in [1.29, 1.82) is 0 Å². The number of halogens is 1. The third-order valence-corrected chi connectivity index (χ3v) is 3.42. The number of rotatable bonds is 2. The number of hydrogen-bond acceptors (Lipinski definition) is 3. The van der Waals surface area contributed by atoms with Gasteiger partial charge in [0.05, 0.1) is 11.8 Å². The SMILES string of the molecule is O=c1c2c(F)cccc2ncn1CC1CCNC1. The molecular formula is C13H14FN3O. The van der Waals surface area contributed by atoms with Crippen LogP contribution in [0.15, 0.2) is 29.3 Å². The summed E-state index contributed by atoms with van der Waals surface area (Å²) in [6.45, 7) is 2.49. The third kappa shape index (κ3) is 1.90. The van der Waals surface area contributed by atoms with Crippen LogP contribution in [0.3, 0.4) is 0 Å². The van der Waals surface area contributed by atoms with Gasteiger partial charge < -0.3 is 5.32 Å². The molecule has 1 aromatic carbocycles. The molecule has 0 amide bonds. The molecule has 5 heteroatoms. The fourth-order valence-electron chi connectivity index (χ4n) is 2.44. The Balaban J connectivity index is 2.05. The molecule has 0 saturated carbocycles. The average molecular weight is 247 g/mol. The summed E-state index contributed by atoms with van der Waals surface area (Å²) >= 11 is 0. The van der Waals surface area contributed by atoms with Gasteiger partial charge >= 0.3 is 0 Å². The Morgan fingerprint density at radius 1 is 1.50 bits per heavy atom. The first kappa shape index (κ1) is 11.3. The first-order chi connectivity index (χ1) is 8.75. The van der Waals surface area contributed by atoms with Gasteiger partial charge in [-0.05, 0) is 37.6 Å². The van der Waals surface area contributed by atoms with Gasteiger partial charge in [0.2, 0.25) is 0 Å². The van der Waals surface area contributed by atoms with Crippen molar-refractivity contribution in [2.45, 2.75) is 13.0 Å². The lowest BCUT2D eigenvalue weighted by atomic mass is 10.1. The largest absolute Gasteiger partial charge is 0.316 e. The molecule has 1 aliphatic rings. The molecule has 1 saturated heterocycles. The topological polar surface area (TPSA) is 46.9 Å². The van der Waals surface area contributed by atoms with Gasteiger partial charge in [-0.1, -0.05) is 6.07 Å². The van der Waals surface area contributed by atoms with Gasteiger partial charge in [0, 0.05) is 6.54 Å². The number of hydrogen-bond donors (Lipinski definition) is 1. The monoisotopic (exact) mass is 247 g/mol. The normalized spacial score (nSPS) is 19.5. The van der Waals surface area contributed by atoms with E-state index in [4.69, 9.17) is 0 Å². The van der Waals surface area contributed by atoms with Crippen LogP contribution in [-0.2, 0) is 6.54 Å². The molecule has 94 valence electrons. The van der Waals surface area contributed by atoms with Crippen LogP contribution in [0, 0.1) is 11.7 Å². The van der Waals surface area contributed by atoms with Gasteiger partial charge in [0.15, 0.2) is 0 Å². The maximum Gasteiger partial charge on any atom is 0.264 e. The van der Waals surface area contributed by atoms with E-state index in [1.807, 2.05) is 0 Å². The Hall–Kier alpha value is -1.75. The molecule has 3 rings (SSSR count). The van der Waals surface area contributed by atoms with Crippen molar-refractivity contribution in [2.75, 3.05) is 13.1 Å². The molecule has 1 unspecified atom stereocenters. The van der Waals surface area contributed by atoms with E-state index in [2.05, 4.69) is 10.3 Å². The number of nitrogens with zero attached hydrogens (tertiary/aromatic N) is 2. The van der Waals surface area contributed by atoms with Crippen molar-refractivity contribution in [2.24, 2.45) is 5.92 Å². The number of nitrogens with one attached hydrogen (secondary N) is 1. The zero-order valence-corrected chi connectivity index (χ0v) is 9.90. The van der Waals surface area contributed by atoms with Crippen LogP contribution < -0.4 is 10.9 Å². The van der Waals surface area contributed by atoms with E-state index in [9.17, 15) is 9.18 Å². The molecule has 0 bridgehead atoms. The second kappa shape index (κ2) is 4.49. The minimum absolute atomic E-state index is 0.0888. The van der Waals surface area contributed by atoms with E-state index in [1.54, 1.807) is 12.1 Å². The minimum atomic E-state index is -0.496. The maximum atomic E-state index is 13.7. The number of fused-ring (bicyclic) bond motifs is 1. The van der Waals surface area contributed by atoms with Gasteiger partial charge in [0.1, 0.15) is 11.2 Å². The van der Waals surface area contributed by atoms with Crippen LogP contribution in [0.4, 0.5) is 4.39 Å². The molecule has 18 heavy (non-hydrogen) atoms. The molecule has 4 nitrogen and oxygen atoms in total. The van der Waals surface area contributed by atoms with Gasteiger partial charge in [-0.2, -0.15) is 0 Å². The lowest BCUT2D eigenvalue weighted by molar-refractivity contribution is 0.469. The summed E-state index contributed by atoms with van der Waals surface area (Å²) in [7, 11) is 0. The van der Waals surface area contributed by atoms with Crippen LogP contribution in [0.5, 0.6) is 0 Å². The van der Waals surface area contributed by atoms with E-state index in [0.717, 1.165) is 19.5 Å². The smallest absolute Gasteiger partial charge is 0.264 e. The van der Waals surface area contributed by atoms with Gasteiger partial charge in [-0.15, -0.1) is 0 Å². The van der Waals surface area contributed by atoms with Crippen LogP contribution in [-0.4, -0.2) is 22.6 Å². The predicted octanol–water partition coefficient (Wildman–Crippen LogP) is 1.15. The molecule has 1 atom stereocenters. The Labute approximate surface area is 103 Å². The highest BCUT2D eigenvalue weighted by molar-refractivity contribution is 5.77. The summed E-state index contributed by atoms with van der Waals surface area (Å²) in [6.07, 6.45) is 2.56. The molecule has 1 N–H and O–H groups in total. The van der Waals surface area contributed by atoms with Crippen molar-refractivity contribution in [3.8, 4) is 0 Å². The second-order valence-electron chi connectivity index (χ2n) is 4.69. The van der Waals surface area contributed by atoms with E-state index < -0.39 is 5.82 Å². The molecule has 1 aromatic heterocycles. The zero-order chi connectivity index (χ0) is 12.5. The summed E-state index contributed by atoms with van der Waals surface area (Å²) < 4.78 is 15.2. The molecular weight excluding hydrogens is 233 g/mol. The molecule has 0 spiro atoms. The molecule has 1 aliphatic heterocycles. The van der Waals surface area contributed by atoms with Crippen molar-refractivity contribution in [3.05, 3.63) is 40.7 Å². The Morgan fingerprint density at radius 3 is 3.17 bits per heavy atom. The van der Waals surface area contributed by atoms with E-state index in [1.165, 1.54) is 17.0 Å². The molecule has 1 fully saturated rings. The van der Waals surface area contributed by atoms with Crippen LogP contribution in [0.2, 0.25) is 0 Å². The average Bonchev–Trinajstić information content (AvgIpc) is 2.86. The summed E-state index contributed by atoms with van der Waals surface area (Å²) in [6, 6.07) is 4.52. The van der Waals surface area contributed by atoms with Crippen molar-refractivity contribution in [3.63, 3.8) is 0 Å². The number of benzene rings is 1. The fraction of sp³-hybridized carbons (Fsp3) is 0.385. The Bertz CT molecular complexity index is 632. The van der Waals surface area contributed by atoms with Crippen molar-refractivity contribution < 1.29 is 4.39 Å². The summed E-state index contributed by atoms with van der Waals surface area (Å²) in [5.41, 5.74) is 0.130. The highest BCUT2D eigenvalue weighted by Gasteiger charge is 2.17. The van der Waals surface area contributed by atoms with Gasteiger partial charge in [-0.3, -0.25) is 9.36 Å². The minimum Gasteiger partial charge on any atom is -0.316 e. The molecule has 2 aromatic rings. The van der Waals surface area contributed by atoms with Crippen molar-refractivity contribution >= 4 is 10.9 Å². The quantitative estimate of drug-likeness (QED) is 0.865. The lowest BCUT2D eigenvalue weighted by Crippen LogP contribution is -2.26. The standard InChI is InChI=1S/C13H14FN3O/c14-10-2-1-3-11-12(10)13(18)17(8-16-11)7-9-4-5-15-6-9/h1-3,8-9,15H,4-7H2. The number of aromatic nitrogens is 2. The van der Waals surface area contributed by atoms with E-state index in [0.29, 0.717) is 18.0 Å². The first-order valence-electron chi connectivity index (χ1n) is 6.10. The lowest BCUT2D eigenvalue weighted by Gasteiger charge is -2.11. The van der Waals surface area contributed by atoms with Crippen LogP contribution in [0.1, 0.15) is 6.42 Å². The van der Waals surface area contributed by atoms with Gasteiger partial charge in [0.25, 0.3) is 5.56 Å². The highest BCUT2D eigenvalue weighted by Crippen LogP contribution is 2.13. The molecule has 2 heterocycles. The Morgan fingerprint density at radius 2 is 2.39 bits per heavy atom. The molecule has 0 aliphatic carbocycles. The maximum absolute atomic E-state index is 13.7. The summed E-state index contributed by atoms with van der Waals surface area (Å²) in [5.74, 6) is -0.0716. The van der Waals surface area contributed by atoms with E-state index in [-0.39, 0.29) is 10.9 Å². The highest BCUT2D eigenvalue weighted by atomic mass is 19.1. The third-order valence-electron chi connectivity index (χ3n) is 3.42. The first-order valence-corrected chi connectivity index (χ1v) is 6.10. The second-order valence-corrected chi connectivity index (χ2v) is 4.69. The fourth-order valence-corrected chi connectivity index (χ4v) is 2.44. The predicted molar refractivity (Wildman–Crippen MR) is 66.9 cm³/mol. The summed E-state index contributed by atoms with van der Waals surface area (Å²) in [4.78, 5) is 16.3. The van der Waals surface area contributed by atoms with Crippen molar-refractivity contribution in [1.82, 2.24) is 14.9 Å². The zero-order valence-electron chi connectivity index (χ0n) is 9.90. The van der Waals surface area contributed by atoms with Crippen LogP contribution in [0.25, 0.3) is 10.9 Å². The molecule has 0 radical (unpaired) electrons.